The Morgan fingerprint density at radius 1 is 0.509 bits per heavy atom. The summed E-state index contributed by atoms with van der Waals surface area (Å²) in [5.41, 5.74) is 11.5. The zero-order valence-corrected chi connectivity index (χ0v) is 36.3. The summed E-state index contributed by atoms with van der Waals surface area (Å²) in [7, 11) is 0. The molecule has 0 spiro atoms. The van der Waals surface area contributed by atoms with Gasteiger partial charge in [-0.05, 0) is 174 Å². The molecule has 0 radical (unpaired) electrons. The lowest BCUT2D eigenvalue weighted by atomic mass is 9.54. The number of carbonyl (C=O) groups excluding carboxylic acids is 4. The molecular formula is C46H78ClN3O5. The maximum absolute atomic E-state index is 12.2. The molecule has 12 aliphatic carbocycles. The molecule has 0 aromatic heterocycles. The van der Waals surface area contributed by atoms with Gasteiger partial charge < -0.3 is 21.5 Å². The molecule has 0 aliphatic heterocycles. The Morgan fingerprint density at radius 2 is 0.800 bits per heavy atom. The molecule has 5 N–H and O–H groups in total. The van der Waals surface area contributed by atoms with Crippen molar-refractivity contribution in [2.75, 3.05) is 6.61 Å². The number of esters is 1. The highest BCUT2D eigenvalue weighted by molar-refractivity contribution is 6.00. The standard InChI is InChI=1S/C17H27NO2.2C10H17N.C9H16O3.ClH/c1-17(2,3)14(19)9-15(20)18-16-12-5-10-4-11(7-12)8-13(16)6-10;2*11-10-8-2-6-1-7(4-8)5-9(10)3-6;1-5-12-8(11)6-7(10)9(2,3)4;/h10-13,16H,4-9H2,1-3H3,(H,18,20);2*6-10H,1-5,11H2;5-6H2,1-4H3;1H. The van der Waals surface area contributed by atoms with Crippen LogP contribution < -0.4 is 16.8 Å². The fourth-order valence-electron chi connectivity index (χ4n) is 13.4. The van der Waals surface area contributed by atoms with Crippen molar-refractivity contribution in [2.24, 2.45) is 93.3 Å². The Bertz CT molecular complexity index is 1230. The predicted octanol–water partition coefficient (Wildman–Crippen LogP) is 8.45. The average molecular weight is 789 g/mol. The SMILES string of the molecule is CC(C)(C)C(=O)CC(=O)NC1C2CC3CC(C2)CC1C3.CCOC(=O)CC(=O)C(C)(C)C.Cl.NC1C2CC3CC(C2)CC1C3.NC1C2CC3CC(C2)CC1C3. The van der Waals surface area contributed by atoms with Crippen LogP contribution >= 0.6 is 12.4 Å². The van der Waals surface area contributed by atoms with Crippen molar-refractivity contribution in [3.8, 4) is 0 Å². The van der Waals surface area contributed by atoms with E-state index < -0.39 is 16.8 Å². The first-order valence-electron chi connectivity index (χ1n) is 22.4. The second-order valence-corrected chi connectivity index (χ2v) is 22.0. The van der Waals surface area contributed by atoms with Gasteiger partial charge in [0.1, 0.15) is 18.0 Å². The van der Waals surface area contributed by atoms with Crippen LogP contribution in [0.15, 0.2) is 0 Å². The van der Waals surface area contributed by atoms with E-state index in [1.165, 1.54) is 83.5 Å². The zero-order valence-electron chi connectivity index (χ0n) is 35.5. The van der Waals surface area contributed by atoms with Crippen LogP contribution in [0.2, 0.25) is 0 Å². The molecule has 1 amide bonds. The van der Waals surface area contributed by atoms with Crippen molar-refractivity contribution in [1.29, 1.82) is 0 Å². The van der Waals surface area contributed by atoms with Crippen LogP contribution in [0, 0.1) is 81.8 Å². The molecule has 12 rings (SSSR count). The molecule has 12 aliphatic rings. The normalized spacial score (nSPS) is 40.6. The summed E-state index contributed by atoms with van der Waals surface area (Å²) in [5.74, 6) is 10.7. The van der Waals surface area contributed by atoms with E-state index in [9.17, 15) is 19.2 Å². The van der Waals surface area contributed by atoms with Crippen LogP contribution in [-0.2, 0) is 23.9 Å². The molecule has 0 aromatic rings. The minimum absolute atomic E-state index is 0. The molecule has 0 atom stereocenters. The van der Waals surface area contributed by atoms with Gasteiger partial charge >= 0.3 is 5.97 Å². The number of hydrogen-bond donors (Lipinski definition) is 3. The summed E-state index contributed by atoms with van der Waals surface area (Å²) >= 11 is 0. The van der Waals surface area contributed by atoms with Crippen molar-refractivity contribution < 1.29 is 23.9 Å². The molecule has 0 unspecified atom stereocenters. The number of carbonyl (C=O) groups is 4. The second-order valence-electron chi connectivity index (χ2n) is 22.0. The van der Waals surface area contributed by atoms with E-state index in [2.05, 4.69) is 10.1 Å². The average Bonchev–Trinajstić information content (AvgIpc) is 3.06. The summed E-state index contributed by atoms with van der Waals surface area (Å²) in [5, 5.41) is 3.21. The summed E-state index contributed by atoms with van der Waals surface area (Å²) < 4.78 is 4.65. The number of nitrogens with one attached hydrogen (secondary N) is 1. The van der Waals surface area contributed by atoms with E-state index in [-0.39, 0.29) is 42.7 Å². The van der Waals surface area contributed by atoms with Crippen molar-refractivity contribution in [2.45, 2.75) is 176 Å². The van der Waals surface area contributed by atoms with Crippen LogP contribution in [-0.4, -0.2) is 48.2 Å². The third-order valence-electron chi connectivity index (χ3n) is 15.8. The van der Waals surface area contributed by atoms with Crippen molar-refractivity contribution in [3.05, 3.63) is 0 Å². The molecule has 8 nitrogen and oxygen atoms in total. The quantitative estimate of drug-likeness (QED) is 0.181. The van der Waals surface area contributed by atoms with E-state index in [1.807, 2.05) is 20.8 Å². The monoisotopic (exact) mass is 788 g/mol. The molecule has 0 aromatic carbocycles. The number of hydrogen-bond acceptors (Lipinski definition) is 7. The lowest BCUT2D eigenvalue weighted by molar-refractivity contribution is -0.147. The Kier molecular flexibility index (Phi) is 14.7. The summed E-state index contributed by atoms with van der Waals surface area (Å²) in [6, 6.07) is 1.52. The molecular weight excluding hydrogens is 710 g/mol. The maximum atomic E-state index is 12.2. The van der Waals surface area contributed by atoms with Gasteiger partial charge in [0.05, 0.1) is 13.0 Å². The Hall–Kier alpha value is -1.51. The number of Topliss-reactive ketones (excluding diaryl/α,β-unsaturated/α-hetero) is 2. The highest BCUT2D eigenvalue weighted by Crippen LogP contribution is 2.55. The molecule has 55 heavy (non-hydrogen) atoms. The van der Waals surface area contributed by atoms with Gasteiger partial charge in [0.15, 0.2) is 0 Å². The van der Waals surface area contributed by atoms with Gasteiger partial charge in [0.25, 0.3) is 0 Å². The Balaban J connectivity index is 0.000000145. The smallest absolute Gasteiger partial charge is 0.313 e. The van der Waals surface area contributed by atoms with Crippen molar-refractivity contribution >= 4 is 35.9 Å². The van der Waals surface area contributed by atoms with Gasteiger partial charge in [-0.15, -0.1) is 12.4 Å². The largest absolute Gasteiger partial charge is 0.466 e. The summed E-state index contributed by atoms with van der Waals surface area (Å²) in [6.07, 6.45) is 21.4. The van der Waals surface area contributed by atoms with Gasteiger partial charge in [0.2, 0.25) is 5.91 Å². The van der Waals surface area contributed by atoms with Crippen LogP contribution in [0.4, 0.5) is 0 Å². The van der Waals surface area contributed by atoms with Gasteiger partial charge in [-0.3, -0.25) is 19.2 Å². The molecule has 9 heteroatoms. The first-order valence-corrected chi connectivity index (χ1v) is 22.4. The fourth-order valence-corrected chi connectivity index (χ4v) is 13.4. The molecule has 12 bridgehead atoms. The van der Waals surface area contributed by atoms with E-state index >= 15 is 0 Å². The minimum Gasteiger partial charge on any atom is -0.466 e. The number of rotatable bonds is 6. The molecule has 12 saturated carbocycles. The van der Waals surface area contributed by atoms with E-state index in [4.69, 9.17) is 11.5 Å². The van der Waals surface area contributed by atoms with Crippen LogP contribution in [0.5, 0.6) is 0 Å². The third kappa shape index (κ3) is 11.2. The highest BCUT2D eigenvalue weighted by Gasteiger charge is 2.49. The highest BCUT2D eigenvalue weighted by atomic mass is 35.5. The number of halogens is 1. The van der Waals surface area contributed by atoms with E-state index in [0.717, 1.165) is 59.2 Å². The van der Waals surface area contributed by atoms with Crippen molar-refractivity contribution in [3.63, 3.8) is 0 Å². The summed E-state index contributed by atoms with van der Waals surface area (Å²) in [4.78, 5) is 46.2. The number of ether oxygens (including phenoxy) is 1. The van der Waals surface area contributed by atoms with Crippen LogP contribution in [0.25, 0.3) is 0 Å². The third-order valence-corrected chi connectivity index (χ3v) is 15.8. The van der Waals surface area contributed by atoms with Gasteiger partial charge in [-0.1, -0.05) is 41.5 Å². The number of nitrogens with two attached hydrogens (primary N) is 2. The maximum Gasteiger partial charge on any atom is 0.313 e. The topological polar surface area (TPSA) is 142 Å². The Morgan fingerprint density at radius 3 is 1.09 bits per heavy atom. The van der Waals surface area contributed by atoms with Gasteiger partial charge in [-0.2, -0.15) is 0 Å². The first-order chi connectivity index (χ1) is 25.4. The zero-order chi connectivity index (χ0) is 39.1. The lowest BCUT2D eigenvalue weighted by Gasteiger charge is -2.54. The molecule has 0 heterocycles. The number of ketones is 2. The lowest BCUT2D eigenvalue weighted by Crippen LogP contribution is -2.56. The first kappa shape index (κ1) is 44.6. The fraction of sp³-hybridized carbons (Fsp3) is 0.913. The second kappa shape index (κ2) is 18.2. The van der Waals surface area contributed by atoms with Crippen LogP contribution in [0.3, 0.4) is 0 Å². The Labute approximate surface area is 339 Å². The van der Waals surface area contributed by atoms with Gasteiger partial charge in [-0.25, -0.2) is 0 Å². The van der Waals surface area contributed by atoms with E-state index in [1.54, 1.807) is 40.5 Å². The molecule has 0 saturated heterocycles. The number of amides is 1. The van der Waals surface area contributed by atoms with Gasteiger partial charge in [0, 0.05) is 29.0 Å². The minimum atomic E-state index is -0.452. The summed E-state index contributed by atoms with van der Waals surface area (Å²) in [6.45, 7) is 13.1. The van der Waals surface area contributed by atoms with Crippen molar-refractivity contribution in [1.82, 2.24) is 5.32 Å². The van der Waals surface area contributed by atoms with Crippen LogP contribution in [0.1, 0.15) is 158 Å². The van der Waals surface area contributed by atoms with E-state index in [0.29, 0.717) is 36.6 Å². The predicted molar refractivity (Wildman–Crippen MR) is 221 cm³/mol. The molecule has 12 fully saturated rings. The molecule has 314 valence electrons.